The van der Waals surface area contributed by atoms with Gasteiger partial charge in [-0.2, -0.15) is 0 Å². The van der Waals surface area contributed by atoms with Gasteiger partial charge in [-0.3, -0.25) is 14.3 Å². The summed E-state index contributed by atoms with van der Waals surface area (Å²) in [4.78, 5) is 31.2. The molecular weight excluding hydrogens is 634 g/mol. The van der Waals surface area contributed by atoms with Gasteiger partial charge in [0.2, 0.25) is 5.91 Å². The van der Waals surface area contributed by atoms with E-state index < -0.39 is 22.0 Å². The summed E-state index contributed by atoms with van der Waals surface area (Å²) in [5.41, 5.74) is 0.382. The highest BCUT2D eigenvalue weighted by Crippen LogP contribution is 2.30. The number of sulfonamides is 1. The van der Waals surface area contributed by atoms with Gasteiger partial charge in [-0.05, 0) is 88.4 Å². The Morgan fingerprint density at radius 3 is 2.42 bits per heavy atom. The van der Waals surface area contributed by atoms with Crippen LogP contribution in [0.2, 0.25) is 0 Å². The van der Waals surface area contributed by atoms with E-state index in [1.54, 1.807) is 41.0 Å². The average Bonchev–Trinajstić information content (AvgIpc) is 3.09. The Kier molecular flexibility index (Phi) is 13.5. The number of carbonyl (C=O) groups excluding carboxylic acids is 2. The zero-order chi connectivity index (χ0) is 34.8. The third kappa shape index (κ3) is 9.85. The molecule has 2 aromatic rings. The molecule has 1 heterocycles. The number of methoxy groups -OCH3 is 1. The summed E-state index contributed by atoms with van der Waals surface area (Å²) in [6.45, 7) is 6.59. The Bertz CT molecular complexity index is 1460. The van der Waals surface area contributed by atoms with Crippen LogP contribution in [0.5, 0.6) is 11.5 Å². The van der Waals surface area contributed by atoms with E-state index in [1.807, 2.05) is 20.9 Å². The Morgan fingerprint density at radius 2 is 1.75 bits per heavy atom. The summed E-state index contributed by atoms with van der Waals surface area (Å²) in [6.07, 6.45) is 6.97. The summed E-state index contributed by atoms with van der Waals surface area (Å²) in [5, 5.41) is 10.2. The van der Waals surface area contributed by atoms with Gasteiger partial charge < -0.3 is 29.1 Å². The molecule has 0 saturated heterocycles. The van der Waals surface area contributed by atoms with Crippen LogP contribution in [0.15, 0.2) is 47.4 Å². The van der Waals surface area contributed by atoms with Crippen LogP contribution in [0.3, 0.4) is 0 Å². The third-order valence-electron chi connectivity index (χ3n) is 9.46. The number of likely N-dealkylation sites (N-methyl/N-ethyl adjacent to an activating group) is 1. The molecule has 0 aromatic heterocycles. The number of nitrogens with one attached hydrogen (secondary N) is 1. The fourth-order valence-corrected chi connectivity index (χ4v) is 7.49. The zero-order valence-electron chi connectivity index (χ0n) is 29.0. The molecule has 2 amide bonds. The first-order valence-electron chi connectivity index (χ1n) is 17.2. The third-order valence-corrected chi connectivity index (χ3v) is 10.9. The number of hydrogen-bond acceptors (Lipinski definition) is 8. The van der Waals surface area contributed by atoms with E-state index in [0.717, 1.165) is 44.9 Å². The summed E-state index contributed by atoms with van der Waals surface area (Å²) < 4.78 is 46.9. The van der Waals surface area contributed by atoms with Gasteiger partial charge in [0.05, 0.1) is 42.4 Å². The number of nitrogens with zero attached hydrogens (tertiary/aromatic N) is 2. The fraction of sp³-hybridized carbons (Fsp3) is 0.611. The van der Waals surface area contributed by atoms with E-state index in [2.05, 4.69) is 4.72 Å². The van der Waals surface area contributed by atoms with Crippen molar-refractivity contribution in [1.29, 1.82) is 0 Å². The van der Waals surface area contributed by atoms with Crippen molar-refractivity contribution in [2.75, 3.05) is 45.2 Å². The molecule has 0 spiro atoms. The summed E-state index contributed by atoms with van der Waals surface area (Å²) in [5.74, 6) is 0.460. The maximum Gasteiger partial charge on any atom is 0.261 e. The van der Waals surface area contributed by atoms with E-state index >= 15 is 0 Å². The molecule has 0 radical (unpaired) electrons. The van der Waals surface area contributed by atoms with E-state index in [9.17, 15) is 23.1 Å². The second-order valence-electron chi connectivity index (χ2n) is 13.3. The number of carbonyl (C=O) groups is 2. The van der Waals surface area contributed by atoms with Crippen molar-refractivity contribution in [3.63, 3.8) is 0 Å². The summed E-state index contributed by atoms with van der Waals surface area (Å²) in [7, 11) is -0.642. The maximum atomic E-state index is 14.4. The highest BCUT2D eigenvalue weighted by atomic mass is 32.2. The molecule has 4 atom stereocenters. The smallest absolute Gasteiger partial charge is 0.261 e. The molecule has 12 heteroatoms. The number of anilines is 1. The number of hydrogen-bond donors (Lipinski definition) is 2. The SMILES string of the molecule is COc1ccc(S(=O)(=O)Nc2ccc3c(c2)C(=O)N([C@H](C)CO)C[C@@H](C)[C@H](CN(C)C(=O)C2CCCCC2)OCCCC[C@@H](C)O3)cc1. The molecular formula is C36H53N3O8S. The molecule has 11 nitrogen and oxygen atoms in total. The molecule has 266 valence electrons. The fourth-order valence-electron chi connectivity index (χ4n) is 6.44. The summed E-state index contributed by atoms with van der Waals surface area (Å²) >= 11 is 0. The van der Waals surface area contributed by atoms with Gasteiger partial charge in [0.25, 0.3) is 15.9 Å². The van der Waals surface area contributed by atoms with Crippen LogP contribution >= 0.6 is 0 Å². The summed E-state index contributed by atoms with van der Waals surface area (Å²) in [6, 6.07) is 10.1. The predicted molar refractivity (Wildman–Crippen MR) is 185 cm³/mol. The molecule has 0 unspecified atom stereocenters. The minimum atomic E-state index is -3.98. The molecule has 48 heavy (non-hydrogen) atoms. The van der Waals surface area contributed by atoms with Crippen LogP contribution in [0.25, 0.3) is 0 Å². The number of benzene rings is 2. The van der Waals surface area contributed by atoms with Crippen LogP contribution in [0.4, 0.5) is 5.69 Å². The lowest BCUT2D eigenvalue weighted by Crippen LogP contribution is -2.48. The van der Waals surface area contributed by atoms with Gasteiger partial charge in [0.15, 0.2) is 0 Å². The van der Waals surface area contributed by atoms with Crippen LogP contribution in [-0.4, -0.2) is 93.8 Å². The first-order chi connectivity index (χ1) is 22.9. The molecule has 4 rings (SSSR count). The van der Waals surface area contributed by atoms with Crippen LogP contribution in [0.1, 0.15) is 82.5 Å². The van der Waals surface area contributed by atoms with Crippen LogP contribution < -0.4 is 14.2 Å². The van der Waals surface area contributed by atoms with Crippen LogP contribution in [0, 0.1) is 11.8 Å². The van der Waals surface area contributed by atoms with E-state index in [-0.39, 0.29) is 59.2 Å². The lowest BCUT2D eigenvalue weighted by atomic mass is 9.88. The minimum Gasteiger partial charge on any atom is -0.497 e. The van der Waals surface area contributed by atoms with E-state index in [1.165, 1.54) is 31.7 Å². The molecule has 2 N–H and O–H groups in total. The Hall–Kier alpha value is -3.35. The minimum absolute atomic E-state index is 0.0411. The standard InChI is InChI=1S/C36H53N3O8S/c1-25-22-39(26(2)24-40)36(42)32-21-29(37-48(43,44)31-17-15-30(45-5)16-18-31)14-19-33(32)47-27(3)11-9-10-20-46-34(25)23-38(4)35(41)28-12-7-6-8-13-28/h14-19,21,25-28,34,37,40H,6-13,20,22-24H2,1-5H3/t25-,26-,27-,34+/m1/s1. The molecule has 0 bridgehead atoms. The first-order valence-corrected chi connectivity index (χ1v) is 18.7. The van der Waals surface area contributed by atoms with Gasteiger partial charge in [-0.25, -0.2) is 8.42 Å². The largest absolute Gasteiger partial charge is 0.497 e. The number of aliphatic hydroxyl groups excluding tert-OH is 1. The van der Waals surface area contributed by atoms with Crippen molar-refractivity contribution in [3.8, 4) is 11.5 Å². The van der Waals surface area contributed by atoms with Crippen molar-refractivity contribution < 1.29 is 37.3 Å². The number of ether oxygens (including phenoxy) is 3. The Labute approximate surface area is 286 Å². The van der Waals surface area contributed by atoms with E-state index in [0.29, 0.717) is 24.7 Å². The zero-order valence-corrected chi connectivity index (χ0v) is 29.8. The lowest BCUT2D eigenvalue weighted by molar-refractivity contribution is -0.137. The number of rotatable bonds is 9. The highest BCUT2D eigenvalue weighted by molar-refractivity contribution is 7.92. The van der Waals surface area contributed by atoms with Crippen molar-refractivity contribution in [1.82, 2.24) is 9.80 Å². The molecule has 1 fully saturated rings. The lowest BCUT2D eigenvalue weighted by Gasteiger charge is -2.36. The monoisotopic (exact) mass is 687 g/mol. The van der Waals surface area contributed by atoms with Crippen molar-refractivity contribution in [2.45, 2.75) is 95.3 Å². The maximum absolute atomic E-state index is 14.4. The van der Waals surface area contributed by atoms with Crippen molar-refractivity contribution in [2.24, 2.45) is 11.8 Å². The molecule has 2 aliphatic rings. The van der Waals surface area contributed by atoms with Crippen molar-refractivity contribution in [3.05, 3.63) is 48.0 Å². The van der Waals surface area contributed by atoms with Gasteiger partial charge >= 0.3 is 0 Å². The second kappa shape index (κ2) is 17.3. The number of aliphatic hydroxyl groups is 1. The van der Waals surface area contributed by atoms with Gasteiger partial charge in [0, 0.05) is 44.3 Å². The Balaban J connectivity index is 1.63. The average molecular weight is 688 g/mol. The van der Waals surface area contributed by atoms with E-state index in [4.69, 9.17) is 14.2 Å². The number of fused-ring (bicyclic) bond motifs is 1. The normalized spacial score (nSPS) is 22.5. The second-order valence-corrected chi connectivity index (χ2v) is 15.0. The van der Waals surface area contributed by atoms with Gasteiger partial charge in [-0.15, -0.1) is 0 Å². The van der Waals surface area contributed by atoms with Crippen molar-refractivity contribution >= 4 is 27.5 Å². The highest BCUT2D eigenvalue weighted by Gasteiger charge is 2.32. The first kappa shape index (κ1) is 37.5. The molecule has 2 aromatic carbocycles. The quantitative estimate of drug-likeness (QED) is 0.362. The molecule has 1 aliphatic carbocycles. The number of amides is 2. The van der Waals surface area contributed by atoms with Crippen LogP contribution in [-0.2, 0) is 19.6 Å². The van der Waals surface area contributed by atoms with Gasteiger partial charge in [0.1, 0.15) is 11.5 Å². The molecule has 1 saturated carbocycles. The topological polar surface area (TPSA) is 135 Å². The van der Waals surface area contributed by atoms with Gasteiger partial charge in [-0.1, -0.05) is 26.2 Å². The molecule has 1 aliphatic heterocycles. The Morgan fingerprint density at radius 1 is 1.06 bits per heavy atom. The predicted octanol–water partition coefficient (Wildman–Crippen LogP) is 5.33.